The first kappa shape index (κ1) is 17.9. The van der Waals surface area contributed by atoms with E-state index >= 15 is 0 Å². The summed E-state index contributed by atoms with van der Waals surface area (Å²) in [6, 6.07) is -0.677. The summed E-state index contributed by atoms with van der Waals surface area (Å²) < 4.78 is 9.43. The lowest BCUT2D eigenvalue weighted by molar-refractivity contribution is -0.144. The van der Waals surface area contributed by atoms with Gasteiger partial charge in [0.15, 0.2) is 0 Å². The van der Waals surface area contributed by atoms with Crippen molar-refractivity contribution in [2.75, 3.05) is 24.7 Å². The minimum atomic E-state index is -0.677. The molecular weight excluding hydrogens is 254 g/mol. The third kappa shape index (κ3) is 8.82. The molecule has 0 saturated carbocycles. The molecule has 0 aromatic rings. The van der Waals surface area contributed by atoms with Gasteiger partial charge in [0.05, 0.1) is 19.0 Å². The molecule has 0 saturated heterocycles. The van der Waals surface area contributed by atoms with Gasteiger partial charge >= 0.3 is 11.9 Å². The Balaban J connectivity index is 0. The van der Waals surface area contributed by atoms with E-state index in [0.29, 0.717) is 19.0 Å². The molecule has 16 heavy (non-hydrogen) atoms. The topological polar surface area (TPSA) is 78.6 Å². The van der Waals surface area contributed by atoms with Crippen molar-refractivity contribution in [2.24, 2.45) is 5.73 Å². The molecule has 0 rings (SSSR count). The molecule has 0 amide bonds. The maximum atomic E-state index is 11.1. The Morgan fingerprint density at radius 1 is 1.25 bits per heavy atom. The molecule has 2 N–H and O–H groups in total. The van der Waals surface area contributed by atoms with Gasteiger partial charge in [0.1, 0.15) is 6.04 Å². The van der Waals surface area contributed by atoms with Gasteiger partial charge in [-0.05, 0) is 13.8 Å². The van der Waals surface area contributed by atoms with Crippen molar-refractivity contribution in [1.82, 2.24) is 0 Å². The van der Waals surface area contributed by atoms with Gasteiger partial charge in [0.2, 0.25) is 0 Å². The van der Waals surface area contributed by atoms with Crippen molar-refractivity contribution in [3.63, 3.8) is 0 Å². The fraction of sp³-hybridized carbons (Fsp3) is 0.778. The number of nitrogens with two attached hydrogens (primary N) is 1. The molecule has 5 nitrogen and oxygen atoms in total. The molecule has 96 valence electrons. The molecule has 0 heterocycles. The number of rotatable bonds is 7. The molecule has 1 unspecified atom stereocenters. The molecule has 0 fully saturated rings. The van der Waals surface area contributed by atoms with Crippen molar-refractivity contribution >= 4 is 36.1 Å². The van der Waals surface area contributed by atoms with Crippen molar-refractivity contribution in [3.05, 3.63) is 0 Å². The fourth-order valence-corrected chi connectivity index (χ4v) is 1.55. The summed E-state index contributed by atoms with van der Waals surface area (Å²) in [7, 11) is 0. The zero-order chi connectivity index (χ0) is 11.7. The second kappa shape index (κ2) is 11.0. The van der Waals surface area contributed by atoms with Crippen LogP contribution in [0.5, 0.6) is 0 Å². The molecule has 0 aliphatic rings. The smallest absolute Gasteiger partial charge is 0.323 e. The Morgan fingerprint density at radius 2 is 1.81 bits per heavy atom. The summed E-state index contributed by atoms with van der Waals surface area (Å²) in [5.74, 6) is -0.161. The van der Waals surface area contributed by atoms with Gasteiger partial charge in [-0.25, -0.2) is 0 Å². The van der Waals surface area contributed by atoms with Gasteiger partial charge in [-0.3, -0.25) is 9.59 Å². The van der Waals surface area contributed by atoms with Crippen LogP contribution < -0.4 is 5.73 Å². The molecule has 0 aromatic carbocycles. The van der Waals surface area contributed by atoms with Gasteiger partial charge < -0.3 is 15.2 Å². The number of carbonyl (C=O) groups is 2. The number of ether oxygens (including phenoxy) is 2. The minimum absolute atomic E-state index is 0. The number of carbonyl (C=O) groups excluding carboxylic acids is 2. The first-order chi connectivity index (χ1) is 7.11. The highest BCUT2D eigenvalue weighted by molar-refractivity contribution is 8.00. The molecule has 7 heteroatoms. The molecule has 0 radical (unpaired) electrons. The van der Waals surface area contributed by atoms with Gasteiger partial charge in [0.25, 0.3) is 0 Å². The average Bonchev–Trinajstić information content (AvgIpc) is 2.18. The molecule has 0 aliphatic carbocycles. The van der Waals surface area contributed by atoms with Crippen molar-refractivity contribution in [1.29, 1.82) is 0 Å². The molecular formula is C9H18ClNO4S. The Hall–Kier alpha value is -0.460. The summed E-state index contributed by atoms with van der Waals surface area (Å²) in [4.78, 5) is 22.0. The fourth-order valence-electron chi connectivity index (χ4n) is 0.789. The number of esters is 2. The van der Waals surface area contributed by atoms with Crippen LogP contribution in [0.4, 0.5) is 0 Å². The summed E-state index contributed by atoms with van der Waals surface area (Å²) in [6.07, 6.45) is 0. The maximum Gasteiger partial charge on any atom is 0.323 e. The van der Waals surface area contributed by atoms with Crippen LogP contribution in [0.2, 0.25) is 0 Å². The zero-order valence-corrected chi connectivity index (χ0v) is 11.1. The third-order valence-electron chi connectivity index (χ3n) is 1.41. The Labute approximate surface area is 106 Å². The minimum Gasteiger partial charge on any atom is -0.465 e. The number of hydrogen-bond donors (Lipinski definition) is 1. The lowest BCUT2D eigenvalue weighted by Crippen LogP contribution is -2.34. The standard InChI is InChI=1S/C9H17NO4S.ClH/c1-3-13-8(11)6-15-5-7(10)9(12)14-4-2;/h7H,3-6,10H2,1-2H3;1H. The maximum absolute atomic E-state index is 11.1. The van der Waals surface area contributed by atoms with Crippen molar-refractivity contribution in [3.8, 4) is 0 Å². The summed E-state index contributed by atoms with van der Waals surface area (Å²) in [6.45, 7) is 4.14. The highest BCUT2D eigenvalue weighted by Crippen LogP contribution is 2.03. The van der Waals surface area contributed by atoms with E-state index in [2.05, 4.69) is 0 Å². The van der Waals surface area contributed by atoms with Gasteiger partial charge in [-0.1, -0.05) is 0 Å². The van der Waals surface area contributed by atoms with Crippen LogP contribution in [0.25, 0.3) is 0 Å². The van der Waals surface area contributed by atoms with Crippen LogP contribution in [0.1, 0.15) is 13.8 Å². The van der Waals surface area contributed by atoms with E-state index < -0.39 is 12.0 Å². The van der Waals surface area contributed by atoms with Crippen LogP contribution >= 0.6 is 24.2 Å². The average molecular weight is 272 g/mol. The second-order valence-electron chi connectivity index (χ2n) is 2.68. The lowest BCUT2D eigenvalue weighted by atomic mass is 10.4. The molecule has 0 aliphatic heterocycles. The highest BCUT2D eigenvalue weighted by atomic mass is 35.5. The summed E-state index contributed by atoms with van der Waals surface area (Å²) in [5.41, 5.74) is 5.52. The zero-order valence-electron chi connectivity index (χ0n) is 9.43. The van der Waals surface area contributed by atoms with E-state index in [-0.39, 0.29) is 24.1 Å². The summed E-state index contributed by atoms with van der Waals surface area (Å²) >= 11 is 1.26. The van der Waals surface area contributed by atoms with E-state index in [1.165, 1.54) is 11.8 Å². The Kier molecular flexibility index (Phi) is 12.4. The first-order valence-corrected chi connectivity index (χ1v) is 5.92. The van der Waals surface area contributed by atoms with Crippen LogP contribution in [0.3, 0.4) is 0 Å². The van der Waals surface area contributed by atoms with E-state index in [1.807, 2.05) is 0 Å². The van der Waals surface area contributed by atoms with E-state index in [0.717, 1.165) is 0 Å². The van der Waals surface area contributed by atoms with Gasteiger partial charge in [-0.15, -0.1) is 24.2 Å². The van der Waals surface area contributed by atoms with Gasteiger partial charge in [-0.2, -0.15) is 0 Å². The van der Waals surface area contributed by atoms with E-state index in [9.17, 15) is 9.59 Å². The quantitative estimate of drug-likeness (QED) is 0.683. The monoisotopic (exact) mass is 271 g/mol. The SMILES string of the molecule is CCOC(=O)CSCC(N)C(=O)OCC.Cl. The summed E-state index contributed by atoms with van der Waals surface area (Å²) in [5, 5.41) is 0. The highest BCUT2D eigenvalue weighted by Gasteiger charge is 2.15. The first-order valence-electron chi connectivity index (χ1n) is 4.77. The largest absolute Gasteiger partial charge is 0.465 e. The van der Waals surface area contributed by atoms with E-state index in [1.54, 1.807) is 13.8 Å². The Morgan fingerprint density at radius 3 is 2.31 bits per heavy atom. The normalized spacial score (nSPS) is 11.2. The lowest BCUT2D eigenvalue weighted by Gasteiger charge is -2.09. The number of thioether (sulfide) groups is 1. The van der Waals surface area contributed by atoms with Crippen molar-refractivity contribution < 1.29 is 19.1 Å². The number of hydrogen-bond acceptors (Lipinski definition) is 6. The Bertz CT molecular complexity index is 216. The second-order valence-corrected chi connectivity index (χ2v) is 3.71. The van der Waals surface area contributed by atoms with Crippen LogP contribution in [-0.2, 0) is 19.1 Å². The predicted molar refractivity (Wildman–Crippen MR) is 65.8 cm³/mol. The molecule has 0 bridgehead atoms. The molecule has 1 atom stereocenters. The van der Waals surface area contributed by atoms with Gasteiger partial charge in [0, 0.05) is 5.75 Å². The third-order valence-corrected chi connectivity index (χ3v) is 2.45. The molecule has 0 spiro atoms. The number of halogens is 1. The molecule has 0 aromatic heterocycles. The van der Waals surface area contributed by atoms with Crippen molar-refractivity contribution in [2.45, 2.75) is 19.9 Å². The van der Waals surface area contributed by atoms with E-state index in [4.69, 9.17) is 15.2 Å². The van der Waals surface area contributed by atoms with Crippen LogP contribution in [-0.4, -0.2) is 42.7 Å². The van der Waals surface area contributed by atoms with Crippen LogP contribution in [0, 0.1) is 0 Å². The predicted octanol–water partition coefficient (Wildman–Crippen LogP) is 0.595. The van der Waals surface area contributed by atoms with Crippen LogP contribution in [0.15, 0.2) is 0 Å².